The Morgan fingerprint density at radius 1 is 0.958 bits per heavy atom. The number of nitrogens with one attached hydrogen (secondary N) is 2. The highest BCUT2D eigenvalue weighted by molar-refractivity contribution is 7.22. The minimum Gasteiger partial charge on any atom is -0.355 e. The zero-order valence-corrected chi connectivity index (χ0v) is 13.8. The van der Waals surface area contributed by atoms with Crippen LogP contribution in [0.2, 0.25) is 0 Å². The third-order valence-corrected chi connectivity index (χ3v) is 4.37. The first-order valence-corrected chi connectivity index (χ1v) is 8.48. The highest BCUT2D eigenvalue weighted by Crippen LogP contribution is 2.25. The van der Waals surface area contributed by atoms with Crippen LogP contribution in [0.3, 0.4) is 0 Å². The van der Waals surface area contributed by atoms with Crippen molar-refractivity contribution in [3.05, 3.63) is 60.2 Å². The fraction of sp³-hybridized carbons (Fsp3) is 0.167. The number of para-hydroxylation sites is 1. The summed E-state index contributed by atoms with van der Waals surface area (Å²) in [7, 11) is 0. The molecule has 0 aliphatic rings. The van der Waals surface area contributed by atoms with Gasteiger partial charge in [-0.2, -0.15) is 0 Å². The molecule has 5 nitrogen and oxygen atoms in total. The van der Waals surface area contributed by atoms with Crippen LogP contribution in [0.5, 0.6) is 0 Å². The van der Waals surface area contributed by atoms with Crippen LogP contribution in [0.1, 0.15) is 12.0 Å². The summed E-state index contributed by atoms with van der Waals surface area (Å²) in [6.45, 7) is 0.308. The molecule has 0 spiro atoms. The van der Waals surface area contributed by atoms with Crippen LogP contribution < -0.4 is 10.6 Å². The van der Waals surface area contributed by atoms with E-state index in [9.17, 15) is 9.59 Å². The molecule has 2 aromatic carbocycles. The predicted molar refractivity (Wildman–Crippen MR) is 96.0 cm³/mol. The molecular weight excluding hydrogens is 322 g/mol. The average molecular weight is 339 g/mol. The summed E-state index contributed by atoms with van der Waals surface area (Å²) in [4.78, 5) is 28.1. The molecule has 0 unspecified atom stereocenters. The molecule has 0 aliphatic carbocycles. The van der Waals surface area contributed by atoms with Gasteiger partial charge in [0.25, 0.3) is 0 Å². The molecular formula is C18H17N3O2S. The fourth-order valence-electron chi connectivity index (χ4n) is 2.27. The van der Waals surface area contributed by atoms with E-state index in [4.69, 9.17) is 0 Å². The molecule has 0 atom stereocenters. The topological polar surface area (TPSA) is 71.1 Å². The smallest absolute Gasteiger partial charge is 0.227 e. The number of carbonyl (C=O) groups is 2. The van der Waals surface area contributed by atoms with E-state index < -0.39 is 0 Å². The monoisotopic (exact) mass is 339 g/mol. The minimum absolute atomic E-state index is 0.0889. The molecule has 0 bridgehead atoms. The number of rotatable bonds is 6. The molecule has 24 heavy (non-hydrogen) atoms. The molecule has 6 heteroatoms. The van der Waals surface area contributed by atoms with Crippen LogP contribution in [0.15, 0.2) is 54.6 Å². The maximum absolute atomic E-state index is 11.9. The summed E-state index contributed by atoms with van der Waals surface area (Å²) >= 11 is 1.44. The summed E-state index contributed by atoms with van der Waals surface area (Å²) in [6, 6.07) is 17.2. The molecule has 0 saturated heterocycles. The fourth-order valence-corrected chi connectivity index (χ4v) is 3.15. The number of fused-ring (bicyclic) bond motifs is 1. The number of aromatic nitrogens is 1. The first-order valence-electron chi connectivity index (χ1n) is 7.67. The van der Waals surface area contributed by atoms with Gasteiger partial charge in [0.2, 0.25) is 11.8 Å². The van der Waals surface area contributed by atoms with Crippen molar-refractivity contribution in [2.75, 3.05) is 11.9 Å². The van der Waals surface area contributed by atoms with E-state index in [1.807, 2.05) is 54.6 Å². The van der Waals surface area contributed by atoms with Gasteiger partial charge >= 0.3 is 0 Å². The predicted octanol–water partition coefficient (Wildman–Crippen LogP) is 2.98. The zero-order chi connectivity index (χ0) is 16.8. The van der Waals surface area contributed by atoms with Crippen molar-refractivity contribution in [1.82, 2.24) is 10.3 Å². The van der Waals surface area contributed by atoms with Gasteiger partial charge in [-0.15, -0.1) is 0 Å². The van der Waals surface area contributed by atoms with Crippen LogP contribution >= 0.6 is 11.3 Å². The number of carbonyl (C=O) groups excluding carboxylic acids is 2. The highest BCUT2D eigenvalue weighted by Gasteiger charge is 2.08. The Morgan fingerprint density at radius 3 is 2.50 bits per heavy atom. The first-order chi connectivity index (χ1) is 11.7. The second-order valence-corrected chi connectivity index (χ2v) is 6.33. The van der Waals surface area contributed by atoms with Crippen LogP contribution in [-0.4, -0.2) is 23.3 Å². The van der Waals surface area contributed by atoms with Crippen molar-refractivity contribution >= 4 is 38.5 Å². The van der Waals surface area contributed by atoms with Gasteiger partial charge in [-0.1, -0.05) is 53.8 Å². The number of anilines is 1. The number of hydrogen-bond acceptors (Lipinski definition) is 4. The van der Waals surface area contributed by atoms with E-state index in [0.29, 0.717) is 18.1 Å². The van der Waals surface area contributed by atoms with Crippen molar-refractivity contribution in [3.63, 3.8) is 0 Å². The molecule has 0 saturated carbocycles. The first kappa shape index (κ1) is 16.1. The maximum Gasteiger partial charge on any atom is 0.227 e. The Labute approximate surface area is 143 Å². The third kappa shape index (κ3) is 4.39. The van der Waals surface area contributed by atoms with Gasteiger partial charge < -0.3 is 10.6 Å². The lowest BCUT2D eigenvalue weighted by Crippen LogP contribution is -2.28. The second-order valence-electron chi connectivity index (χ2n) is 5.30. The van der Waals surface area contributed by atoms with Gasteiger partial charge in [0.1, 0.15) is 0 Å². The molecule has 122 valence electrons. The van der Waals surface area contributed by atoms with Gasteiger partial charge in [-0.3, -0.25) is 9.59 Å². The number of hydrogen-bond donors (Lipinski definition) is 2. The second kappa shape index (κ2) is 7.70. The van der Waals surface area contributed by atoms with E-state index in [1.54, 1.807) is 0 Å². The zero-order valence-electron chi connectivity index (χ0n) is 13.0. The Morgan fingerprint density at radius 2 is 1.71 bits per heavy atom. The number of nitrogens with zero attached hydrogens (tertiary/aromatic N) is 1. The van der Waals surface area contributed by atoms with E-state index >= 15 is 0 Å². The van der Waals surface area contributed by atoms with Crippen LogP contribution in [0.4, 0.5) is 5.13 Å². The maximum atomic E-state index is 11.9. The van der Waals surface area contributed by atoms with E-state index in [0.717, 1.165) is 15.8 Å². The Bertz CT molecular complexity index is 813. The third-order valence-electron chi connectivity index (χ3n) is 3.42. The summed E-state index contributed by atoms with van der Waals surface area (Å²) in [5.41, 5.74) is 1.82. The summed E-state index contributed by atoms with van der Waals surface area (Å²) < 4.78 is 1.03. The van der Waals surface area contributed by atoms with Crippen LogP contribution in [0, 0.1) is 0 Å². The highest BCUT2D eigenvalue weighted by atomic mass is 32.1. The van der Waals surface area contributed by atoms with Crippen molar-refractivity contribution in [3.8, 4) is 0 Å². The molecule has 1 aromatic heterocycles. The van der Waals surface area contributed by atoms with E-state index in [2.05, 4.69) is 15.6 Å². The Kier molecular flexibility index (Phi) is 5.18. The van der Waals surface area contributed by atoms with Crippen molar-refractivity contribution in [2.45, 2.75) is 12.8 Å². The molecule has 2 N–H and O–H groups in total. The molecule has 1 heterocycles. The van der Waals surface area contributed by atoms with Gasteiger partial charge in [0.05, 0.1) is 16.6 Å². The SMILES string of the molecule is O=C(Cc1ccccc1)NCCC(=O)Nc1nc2ccccc2s1. The van der Waals surface area contributed by atoms with Crippen LogP contribution in [0.25, 0.3) is 10.2 Å². The largest absolute Gasteiger partial charge is 0.355 e. The lowest BCUT2D eigenvalue weighted by molar-refractivity contribution is -0.120. The molecule has 3 aromatic rings. The molecule has 2 amide bonds. The normalized spacial score (nSPS) is 10.5. The molecule has 0 aliphatic heterocycles. The van der Waals surface area contributed by atoms with Crippen molar-refractivity contribution in [2.24, 2.45) is 0 Å². The van der Waals surface area contributed by atoms with Gasteiger partial charge in [-0.05, 0) is 17.7 Å². The summed E-state index contributed by atoms with van der Waals surface area (Å²) in [5.74, 6) is -0.247. The van der Waals surface area contributed by atoms with Gasteiger partial charge in [0, 0.05) is 13.0 Å². The van der Waals surface area contributed by atoms with Crippen LogP contribution in [-0.2, 0) is 16.0 Å². The van der Waals surface area contributed by atoms with E-state index in [1.165, 1.54) is 11.3 Å². The van der Waals surface area contributed by atoms with E-state index in [-0.39, 0.29) is 18.2 Å². The summed E-state index contributed by atoms with van der Waals surface area (Å²) in [5, 5.41) is 6.11. The number of benzene rings is 2. The lowest BCUT2D eigenvalue weighted by atomic mass is 10.1. The quantitative estimate of drug-likeness (QED) is 0.725. The van der Waals surface area contributed by atoms with Gasteiger partial charge in [0.15, 0.2) is 5.13 Å². The Hall–Kier alpha value is -2.73. The molecule has 3 rings (SSSR count). The number of thiazole rings is 1. The van der Waals surface area contributed by atoms with Crippen molar-refractivity contribution < 1.29 is 9.59 Å². The Balaban J connectivity index is 1.43. The molecule has 0 fully saturated rings. The lowest BCUT2D eigenvalue weighted by Gasteiger charge is -2.05. The summed E-state index contributed by atoms with van der Waals surface area (Å²) in [6.07, 6.45) is 0.538. The minimum atomic E-state index is -0.158. The van der Waals surface area contributed by atoms with Crippen molar-refractivity contribution in [1.29, 1.82) is 0 Å². The average Bonchev–Trinajstić information content (AvgIpc) is 2.97. The van der Waals surface area contributed by atoms with Gasteiger partial charge in [-0.25, -0.2) is 4.98 Å². The standard InChI is InChI=1S/C18H17N3O2S/c22-16(21-18-20-14-8-4-5-9-15(14)24-18)10-11-19-17(23)12-13-6-2-1-3-7-13/h1-9H,10-12H2,(H,19,23)(H,20,21,22). The molecule has 0 radical (unpaired) electrons. The number of amides is 2.